The van der Waals surface area contributed by atoms with Gasteiger partial charge in [0.2, 0.25) is 11.8 Å². The molecule has 2 amide bonds. The summed E-state index contributed by atoms with van der Waals surface area (Å²) < 4.78 is 0. The molecule has 0 unspecified atom stereocenters. The molecule has 0 atom stereocenters. The van der Waals surface area contributed by atoms with Crippen molar-refractivity contribution in [2.45, 2.75) is 52.9 Å². The third kappa shape index (κ3) is 8.91. The maximum Gasteiger partial charge on any atom is 0.291 e. The number of hydrogen-bond acceptors (Lipinski definition) is 15. The lowest BCUT2D eigenvalue weighted by atomic mass is 10.2. The van der Waals surface area contributed by atoms with E-state index in [0.29, 0.717) is 49.2 Å². The number of aryl methyl sites for hydroxylation is 2. The Kier molecular flexibility index (Phi) is 12.2. The summed E-state index contributed by atoms with van der Waals surface area (Å²) in [5.74, 6) is 0.877. The smallest absolute Gasteiger partial charge is 0.291 e. The fourth-order valence-electron chi connectivity index (χ4n) is 6.07. The normalized spacial score (nSPS) is 12.5. The Morgan fingerprint density at radius 3 is 1.43 bits per heavy atom. The van der Waals surface area contributed by atoms with Crippen LogP contribution in [0.1, 0.15) is 45.6 Å². The van der Waals surface area contributed by atoms with E-state index in [1.807, 2.05) is 35.0 Å². The van der Waals surface area contributed by atoms with Gasteiger partial charge in [-0.25, -0.2) is 29.9 Å². The Labute approximate surface area is 327 Å². The van der Waals surface area contributed by atoms with E-state index in [0.717, 1.165) is 39.4 Å². The first-order chi connectivity index (χ1) is 27.0. The van der Waals surface area contributed by atoms with Gasteiger partial charge in [0.05, 0.1) is 68.3 Å². The van der Waals surface area contributed by atoms with Gasteiger partial charge in [-0.1, -0.05) is 12.1 Å². The van der Waals surface area contributed by atoms with Gasteiger partial charge in [0.1, 0.15) is 23.0 Å². The van der Waals surface area contributed by atoms with Crippen LogP contribution in [-0.4, -0.2) is 73.6 Å². The second kappa shape index (κ2) is 17.4. The van der Waals surface area contributed by atoms with E-state index in [1.54, 1.807) is 48.2 Å². The van der Waals surface area contributed by atoms with E-state index < -0.39 is 9.85 Å². The van der Waals surface area contributed by atoms with Crippen LogP contribution in [0.25, 0.3) is 21.1 Å². The molecule has 6 aromatic heterocycles. The van der Waals surface area contributed by atoms with Gasteiger partial charge in [-0.3, -0.25) is 29.8 Å². The summed E-state index contributed by atoms with van der Waals surface area (Å²) in [5.41, 5.74) is 4.79. The number of aromatic nitrogens is 6. The molecule has 56 heavy (non-hydrogen) atoms. The molecular formula is C37H34N10O7S2. The van der Waals surface area contributed by atoms with Crippen molar-refractivity contribution in [2.24, 2.45) is 0 Å². The molecule has 2 aliphatic rings. The van der Waals surface area contributed by atoms with Gasteiger partial charge in [0.15, 0.2) is 0 Å². The average Bonchev–Trinajstić information content (AvgIpc) is 4.03. The second-order valence-corrected chi connectivity index (χ2v) is 14.3. The van der Waals surface area contributed by atoms with Crippen LogP contribution in [-0.2, 0) is 48.6 Å². The molecule has 8 rings (SSSR count). The number of thiophene rings is 2. The molecule has 286 valence electrons. The molecule has 0 bridgehead atoms. The number of aliphatic hydroxyl groups is 1. The summed E-state index contributed by atoms with van der Waals surface area (Å²) in [4.78, 5) is 78.1. The SMILES string of the molecule is CO.Cc1ncc2c(n1)CN(C(=O)Cc1nc(-c3cccs3)ccc1[N+](=O)[O-])C2.Cc1ncc2c(n1)CN(C(=O)Cc1nc(-c3cccs3)ccc1[N+](=O)[O-])C2. The summed E-state index contributed by atoms with van der Waals surface area (Å²) in [5, 5.41) is 33.5. The zero-order chi connectivity index (χ0) is 39.9. The van der Waals surface area contributed by atoms with Crippen LogP contribution in [0.2, 0.25) is 0 Å². The van der Waals surface area contributed by atoms with E-state index in [4.69, 9.17) is 5.11 Å². The van der Waals surface area contributed by atoms with Crippen LogP contribution >= 0.6 is 22.7 Å². The first-order valence-corrected chi connectivity index (χ1v) is 18.8. The Morgan fingerprint density at radius 2 is 1.07 bits per heavy atom. The number of aliphatic hydroxyl groups excluding tert-OH is 1. The molecule has 0 spiro atoms. The molecule has 17 nitrogen and oxygen atoms in total. The fraction of sp³-hybridized carbons (Fsp3) is 0.243. The van der Waals surface area contributed by atoms with E-state index in [9.17, 15) is 29.8 Å². The highest BCUT2D eigenvalue weighted by Gasteiger charge is 2.29. The predicted molar refractivity (Wildman–Crippen MR) is 206 cm³/mol. The van der Waals surface area contributed by atoms with Crippen LogP contribution in [0.15, 0.2) is 71.7 Å². The van der Waals surface area contributed by atoms with Crippen LogP contribution in [0.5, 0.6) is 0 Å². The lowest BCUT2D eigenvalue weighted by Crippen LogP contribution is -2.27. The van der Waals surface area contributed by atoms with E-state index >= 15 is 0 Å². The van der Waals surface area contributed by atoms with Crippen molar-refractivity contribution in [1.29, 1.82) is 0 Å². The topological polar surface area (TPSA) is 224 Å². The van der Waals surface area contributed by atoms with Gasteiger partial charge >= 0.3 is 0 Å². The summed E-state index contributed by atoms with van der Waals surface area (Å²) in [7, 11) is 1.00. The first kappa shape index (κ1) is 39.3. The van der Waals surface area contributed by atoms with Gasteiger partial charge in [0.25, 0.3) is 11.4 Å². The van der Waals surface area contributed by atoms with Gasteiger partial charge in [-0.05, 0) is 48.9 Å². The zero-order valence-corrected chi connectivity index (χ0v) is 32.0. The highest BCUT2D eigenvalue weighted by Crippen LogP contribution is 2.30. The van der Waals surface area contributed by atoms with E-state index in [1.165, 1.54) is 34.8 Å². The Morgan fingerprint density at radius 1 is 0.661 bits per heavy atom. The lowest BCUT2D eigenvalue weighted by molar-refractivity contribution is -0.386. The maximum atomic E-state index is 12.8. The molecule has 0 radical (unpaired) electrons. The summed E-state index contributed by atoms with van der Waals surface area (Å²) in [6.45, 7) is 5.19. The molecule has 1 N–H and O–H groups in total. The number of nitrogens with zero attached hydrogens (tertiary/aromatic N) is 10. The molecule has 0 saturated heterocycles. The minimum absolute atomic E-state index is 0.129. The van der Waals surface area contributed by atoms with Crippen molar-refractivity contribution >= 4 is 45.9 Å². The van der Waals surface area contributed by atoms with Crippen molar-refractivity contribution in [3.63, 3.8) is 0 Å². The van der Waals surface area contributed by atoms with Crippen molar-refractivity contribution in [2.75, 3.05) is 7.11 Å². The summed E-state index contributed by atoms with van der Waals surface area (Å²) in [6.07, 6.45) is 3.19. The first-order valence-electron chi connectivity index (χ1n) is 17.0. The monoisotopic (exact) mass is 794 g/mol. The minimum atomic E-state index is -0.499. The zero-order valence-electron chi connectivity index (χ0n) is 30.4. The largest absolute Gasteiger partial charge is 0.400 e. The third-order valence-corrected chi connectivity index (χ3v) is 10.5. The van der Waals surface area contributed by atoms with Gasteiger partial charge in [-0.2, -0.15) is 0 Å². The predicted octanol–water partition coefficient (Wildman–Crippen LogP) is 5.41. The van der Waals surface area contributed by atoms with Crippen molar-refractivity contribution in [1.82, 2.24) is 39.7 Å². The highest BCUT2D eigenvalue weighted by molar-refractivity contribution is 7.13. The van der Waals surface area contributed by atoms with Crippen molar-refractivity contribution in [3.8, 4) is 21.1 Å². The van der Waals surface area contributed by atoms with Gasteiger partial charge in [-0.15, -0.1) is 22.7 Å². The number of amides is 2. The molecule has 2 aliphatic heterocycles. The van der Waals surface area contributed by atoms with Gasteiger partial charge < -0.3 is 14.9 Å². The van der Waals surface area contributed by atoms with Gasteiger partial charge in [0, 0.05) is 55.9 Å². The molecule has 0 aromatic carbocycles. The number of fused-ring (bicyclic) bond motifs is 2. The Bertz CT molecular complexity index is 2240. The van der Waals surface area contributed by atoms with E-state index in [-0.39, 0.29) is 47.4 Å². The Hall–Kier alpha value is -6.44. The number of rotatable bonds is 8. The standard InChI is InChI=1S/2C18H15N5O3S.CH4O/c2*1-11-19-8-12-9-22(10-15(12)20-11)18(24)7-14-16(23(25)26)5-4-13(21-14)17-3-2-6-27-17;1-2/h2*2-6,8H,7,9-10H2,1H3;2H,1H3. The third-order valence-electron chi connectivity index (χ3n) is 8.74. The quantitative estimate of drug-likeness (QED) is 0.150. The molecule has 8 heterocycles. The molecule has 0 saturated carbocycles. The number of carbonyl (C=O) groups excluding carboxylic acids is 2. The van der Waals surface area contributed by atoms with Crippen molar-refractivity contribution < 1.29 is 24.5 Å². The number of carbonyl (C=O) groups is 2. The minimum Gasteiger partial charge on any atom is -0.400 e. The average molecular weight is 795 g/mol. The van der Waals surface area contributed by atoms with E-state index in [2.05, 4.69) is 29.9 Å². The number of pyridine rings is 2. The second-order valence-electron chi connectivity index (χ2n) is 12.4. The van der Waals surface area contributed by atoms with Crippen LogP contribution in [0, 0.1) is 34.1 Å². The fourth-order valence-corrected chi connectivity index (χ4v) is 7.46. The van der Waals surface area contributed by atoms with Crippen LogP contribution in [0.3, 0.4) is 0 Å². The summed E-state index contributed by atoms with van der Waals surface area (Å²) in [6, 6.07) is 13.6. The molecular weight excluding hydrogens is 761 g/mol. The van der Waals surface area contributed by atoms with Crippen LogP contribution in [0.4, 0.5) is 11.4 Å². The highest BCUT2D eigenvalue weighted by atomic mass is 32.1. The lowest BCUT2D eigenvalue weighted by Gasteiger charge is -2.15. The van der Waals surface area contributed by atoms with Crippen LogP contribution < -0.4 is 0 Å². The van der Waals surface area contributed by atoms with Crippen molar-refractivity contribution in [3.05, 3.63) is 137 Å². The molecule has 19 heteroatoms. The molecule has 0 aliphatic carbocycles. The molecule has 0 fully saturated rings. The Balaban J connectivity index is 0.000000182. The number of nitro groups is 2. The summed E-state index contributed by atoms with van der Waals surface area (Å²) >= 11 is 2.99. The molecule has 6 aromatic rings. The number of hydrogen-bond donors (Lipinski definition) is 1. The maximum absolute atomic E-state index is 12.8.